The van der Waals surface area contributed by atoms with Crippen molar-refractivity contribution in [3.63, 3.8) is 0 Å². The van der Waals surface area contributed by atoms with Crippen molar-refractivity contribution in [1.82, 2.24) is 9.55 Å². The van der Waals surface area contributed by atoms with E-state index in [1.807, 2.05) is 24.3 Å². The number of hydrogen-bond donors (Lipinski definition) is 0. The summed E-state index contributed by atoms with van der Waals surface area (Å²) in [4.78, 5) is 30.7. The maximum Gasteiger partial charge on any atom is 0.266 e. The Morgan fingerprint density at radius 1 is 0.968 bits per heavy atom. The highest BCUT2D eigenvalue weighted by Crippen LogP contribution is 2.24. The highest BCUT2D eigenvalue weighted by Gasteiger charge is 2.16. The Kier molecular flexibility index (Phi) is 6.46. The van der Waals surface area contributed by atoms with Crippen molar-refractivity contribution >= 4 is 51.6 Å². The van der Waals surface area contributed by atoms with E-state index in [0.717, 1.165) is 6.42 Å². The van der Waals surface area contributed by atoms with Crippen LogP contribution in [0.5, 0.6) is 0 Å². The number of aryl methyl sites for hydroxylation is 1. The predicted molar refractivity (Wildman–Crippen MR) is 128 cm³/mol. The van der Waals surface area contributed by atoms with Gasteiger partial charge >= 0.3 is 0 Å². The Hall–Kier alpha value is -2.60. The molecule has 0 aliphatic carbocycles. The van der Waals surface area contributed by atoms with Crippen molar-refractivity contribution in [3.8, 4) is 5.69 Å². The van der Waals surface area contributed by atoms with Crippen molar-refractivity contribution in [2.75, 3.05) is 5.75 Å². The molecule has 3 aromatic carbocycles. The van der Waals surface area contributed by atoms with Crippen LogP contribution in [0, 0.1) is 0 Å². The molecule has 0 unspecified atom stereocenters. The van der Waals surface area contributed by atoms with E-state index in [0.29, 0.717) is 37.4 Å². The van der Waals surface area contributed by atoms with Crippen molar-refractivity contribution in [1.29, 1.82) is 0 Å². The summed E-state index contributed by atoms with van der Waals surface area (Å²) in [6.07, 6.45) is 0.917. The zero-order valence-electron chi connectivity index (χ0n) is 16.6. The highest BCUT2D eigenvalue weighted by atomic mass is 35.5. The van der Waals surface area contributed by atoms with Gasteiger partial charge in [-0.25, -0.2) is 4.98 Å². The average molecular weight is 469 g/mol. The van der Waals surface area contributed by atoms with Crippen molar-refractivity contribution in [2.24, 2.45) is 0 Å². The van der Waals surface area contributed by atoms with E-state index in [2.05, 4.69) is 11.9 Å². The van der Waals surface area contributed by atoms with E-state index in [-0.39, 0.29) is 17.1 Å². The van der Waals surface area contributed by atoms with E-state index in [1.165, 1.54) is 21.9 Å². The lowest BCUT2D eigenvalue weighted by Gasteiger charge is -2.13. The fraction of sp³-hybridized carbons (Fsp3) is 0.125. The first kappa shape index (κ1) is 21.6. The molecule has 4 aromatic rings. The van der Waals surface area contributed by atoms with Crippen LogP contribution in [0.15, 0.2) is 76.7 Å². The number of hydrogen-bond acceptors (Lipinski definition) is 4. The first-order valence-electron chi connectivity index (χ1n) is 9.69. The fourth-order valence-corrected chi connectivity index (χ4v) is 4.39. The predicted octanol–water partition coefficient (Wildman–Crippen LogP) is 6.23. The zero-order chi connectivity index (χ0) is 22.0. The maximum absolute atomic E-state index is 13.3. The lowest BCUT2D eigenvalue weighted by Crippen LogP contribution is -2.22. The van der Waals surface area contributed by atoms with E-state index < -0.39 is 0 Å². The van der Waals surface area contributed by atoms with E-state index >= 15 is 0 Å². The first-order chi connectivity index (χ1) is 15.0. The molecular weight excluding hydrogens is 451 g/mol. The molecule has 0 amide bonds. The number of carbonyl (C=O) groups is 1. The number of benzene rings is 3. The summed E-state index contributed by atoms with van der Waals surface area (Å²) in [7, 11) is 0. The number of fused-ring (bicyclic) bond motifs is 1. The molecule has 4 rings (SSSR count). The maximum atomic E-state index is 13.3. The minimum absolute atomic E-state index is 0.0317. The SMILES string of the molecule is CCc1ccc(C(=O)CSc2nc3cc(Cl)ccc3c(=O)n2-c2ccc(Cl)cc2)cc1. The van der Waals surface area contributed by atoms with Crippen LogP contribution in [0.3, 0.4) is 0 Å². The molecule has 0 bridgehead atoms. The van der Waals surface area contributed by atoms with Crippen LogP contribution in [0.4, 0.5) is 0 Å². The lowest BCUT2D eigenvalue weighted by atomic mass is 10.1. The van der Waals surface area contributed by atoms with Crippen LogP contribution < -0.4 is 5.56 Å². The Bertz CT molecular complexity index is 1320. The average Bonchev–Trinajstić information content (AvgIpc) is 2.78. The number of carbonyl (C=O) groups excluding carboxylic acids is 1. The number of Topliss-reactive ketones (excluding diaryl/α,β-unsaturated/α-hetero) is 1. The number of halogens is 2. The van der Waals surface area contributed by atoms with Crippen molar-refractivity contribution < 1.29 is 4.79 Å². The Labute approximate surface area is 193 Å². The second-order valence-electron chi connectivity index (χ2n) is 6.94. The third-order valence-corrected chi connectivity index (χ3v) is 6.33. The third-order valence-electron chi connectivity index (χ3n) is 4.90. The van der Waals surface area contributed by atoms with Gasteiger partial charge in [0.15, 0.2) is 10.9 Å². The number of aromatic nitrogens is 2. The number of thioether (sulfide) groups is 1. The van der Waals surface area contributed by atoms with Gasteiger partial charge in [0.25, 0.3) is 5.56 Å². The van der Waals surface area contributed by atoms with Crippen LogP contribution in [0.2, 0.25) is 10.0 Å². The highest BCUT2D eigenvalue weighted by molar-refractivity contribution is 7.99. The van der Waals surface area contributed by atoms with Crippen LogP contribution in [0.1, 0.15) is 22.8 Å². The first-order valence-corrected chi connectivity index (χ1v) is 11.4. The summed E-state index contributed by atoms with van der Waals surface area (Å²) in [6, 6.07) is 19.5. The molecule has 1 aromatic heterocycles. The molecule has 0 saturated heterocycles. The molecule has 0 atom stereocenters. The van der Waals surface area contributed by atoms with Gasteiger partial charge in [0.05, 0.1) is 22.3 Å². The summed E-state index contributed by atoms with van der Waals surface area (Å²) in [5.41, 5.74) is 2.69. The van der Waals surface area contributed by atoms with Gasteiger partial charge in [-0.05, 0) is 54.4 Å². The van der Waals surface area contributed by atoms with Gasteiger partial charge in [0.1, 0.15) is 0 Å². The summed E-state index contributed by atoms with van der Waals surface area (Å²) in [5.74, 6) is 0.119. The van der Waals surface area contributed by atoms with Gasteiger partial charge in [-0.15, -0.1) is 0 Å². The van der Waals surface area contributed by atoms with Crippen LogP contribution in [0.25, 0.3) is 16.6 Å². The molecule has 7 heteroatoms. The van der Waals surface area contributed by atoms with E-state index in [9.17, 15) is 9.59 Å². The minimum Gasteiger partial charge on any atom is -0.293 e. The van der Waals surface area contributed by atoms with Gasteiger partial charge in [-0.3, -0.25) is 14.2 Å². The van der Waals surface area contributed by atoms with Crippen molar-refractivity contribution in [2.45, 2.75) is 18.5 Å². The quantitative estimate of drug-likeness (QED) is 0.191. The molecule has 1 heterocycles. The third kappa shape index (κ3) is 4.69. The standard InChI is InChI=1S/C24H18Cl2N2O2S/c1-2-15-3-5-16(6-4-15)22(29)14-31-24-27-21-13-18(26)9-12-20(21)23(30)28(24)19-10-7-17(25)8-11-19/h3-13H,2,14H2,1H3. The topological polar surface area (TPSA) is 52.0 Å². The normalized spacial score (nSPS) is 11.1. The number of rotatable bonds is 6. The Morgan fingerprint density at radius 2 is 1.65 bits per heavy atom. The van der Waals surface area contributed by atoms with Gasteiger partial charge in [0, 0.05) is 15.6 Å². The fourth-order valence-electron chi connectivity index (χ4n) is 3.19. The largest absolute Gasteiger partial charge is 0.293 e. The smallest absolute Gasteiger partial charge is 0.266 e. The molecule has 0 N–H and O–H groups in total. The van der Waals surface area contributed by atoms with Gasteiger partial charge in [-0.2, -0.15) is 0 Å². The number of ketones is 1. The Morgan fingerprint density at radius 3 is 2.32 bits per heavy atom. The monoisotopic (exact) mass is 468 g/mol. The van der Waals surface area contributed by atoms with E-state index in [1.54, 1.807) is 42.5 Å². The Balaban J connectivity index is 1.74. The van der Waals surface area contributed by atoms with Gasteiger partial charge in [0.2, 0.25) is 0 Å². The van der Waals surface area contributed by atoms with Crippen LogP contribution in [-0.2, 0) is 6.42 Å². The van der Waals surface area contributed by atoms with Crippen molar-refractivity contribution in [3.05, 3.63) is 98.3 Å². The van der Waals surface area contributed by atoms with E-state index in [4.69, 9.17) is 23.2 Å². The van der Waals surface area contributed by atoms with Gasteiger partial charge in [-0.1, -0.05) is 66.2 Å². The number of nitrogens with zero attached hydrogens (tertiary/aromatic N) is 2. The molecule has 0 radical (unpaired) electrons. The van der Waals surface area contributed by atoms with Gasteiger partial charge < -0.3 is 0 Å². The zero-order valence-corrected chi connectivity index (χ0v) is 19.0. The summed E-state index contributed by atoms with van der Waals surface area (Å²) in [5, 5.41) is 1.93. The molecule has 31 heavy (non-hydrogen) atoms. The molecule has 0 spiro atoms. The molecule has 0 saturated carbocycles. The second-order valence-corrected chi connectivity index (χ2v) is 8.75. The molecule has 0 aliphatic rings. The summed E-state index contributed by atoms with van der Waals surface area (Å²) >= 11 is 13.3. The molecule has 4 nitrogen and oxygen atoms in total. The van der Waals surface area contributed by atoms with Crippen LogP contribution in [-0.4, -0.2) is 21.1 Å². The molecule has 0 fully saturated rings. The second kappa shape index (κ2) is 9.27. The minimum atomic E-state index is -0.230. The van der Waals surface area contributed by atoms with Crippen LogP contribution >= 0.6 is 35.0 Å². The molecule has 0 aliphatic heterocycles. The molecular formula is C24H18Cl2N2O2S. The summed E-state index contributed by atoms with van der Waals surface area (Å²) in [6.45, 7) is 2.07. The lowest BCUT2D eigenvalue weighted by molar-refractivity contribution is 0.102. The molecule has 156 valence electrons. The summed E-state index contributed by atoms with van der Waals surface area (Å²) < 4.78 is 1.50.